The van der Waals surface area contributed by atoms with Gasteiger partial charge in [-0.15, -0.1) is 11.3 Å². The number of nitrogens with one attached hydrogen (secondary N) is 1. The molecule has 0 saturated heterocycles. The largest absolute Gasteiger partial charge is 0.324 e. The number of nitrogens with two attached hydrogens (primary N) is 1. The molecule has 1 atom stereocenters. The Kier molecular flexibility index (Phi) is 4.88. The molecule has 1 aromatic carbocycles. The zero-order chi connectivity index (χ0) is 14.4. The number of anilines is 1. The standard InChI is InChI=1S/C15H15N3OS/c16-10-12-8-9-20-15(12)18-14(19)7-6-13(17)11-4-2-1-3-5-11/h1-5,8-9,13H,6-7,17H2,(H,18,19). The Morgan fingerprint density at radius 2 is 2.10 bits per heavy atom. The summed E-state index contributed by atoms with van der Waals surface area (Å²) in [5.41, 5.74) is 7.56. The van der Waals surface area contributed by atoms with Crippen LogP contribution in [0.25, 0.3) is 0 Å². The number of hydrogen-bond acceptors (Lipinski definition) is 4. The minimum Gasteiger partial charge on any atom is -0.324 e. The van der Waals surface area contributed by atoms with E-state index in [1.807, 2.05) is 36.4 Å². The average Bonchev–Trinajstić information content (AvgIpc) is 2.92. The number of rotatable bonds is 5. The van der Waals surface area contributed by atoms with Gasteiger partial charge in [-0.2, -0.15) is 5.26 Å². The van der Waals surface area contributed by atoms with Crippen molar-refractivity contribution in [3.8, 4) is 6.07 Å². The minimum atomic E-state index is -0.152. The first-order chi connectivity index (χ1) is 9.70. The molecule has 0 aliphatic carbocycles. The van der Waals surface area contributed by atoms with Gasteiger partial charge in [0.2, 0.25) is 5.91 Å². The number of nitriles is 1. The second-order valence-electron chi connectivity index (χ2n) is 4.38. The highest BCUT2D eigenvalue weighted by Gasteiger charge is 2.11. The topological polar surface area (TPSA) is 78.9 Å². The summed E-state index contributed by atoms with van der Waals surface area (Å²) in [6.07, 6.45) is 0.905. The molecule has 2 aromatic rings. The van der Waals surface area contributed by atoms with Crippen LogP contribution in [0.5, 0.6) is 0 Å². The Bertz CT molecular complexity index is 616. The Morgan fingerprint density at radius 3 is 2.80 bits per heavy atom. The van der Waals surface area contributed by atoms with Crippen LogP contribution < -0.4 is 11.1 Å². The molecule has 0 fully saturated rings. The Balaban J connectivity index is 1.86. The molecule has 0 saturated carbocycles. The van der Waals surface area contributed by atoms with Gasteiger partial charge in [0.25, 0.3) is 0 Å². The van der Waals surface area contributed by atoms with Crippen molar-refractivity contribution in [2.45, 2.75) is 18.9 Å². The van der Waals surface area contributed by atoms with Crippen LogP contribution in [0.15, 0.2) is 41.8 Å². The van der Waals surface area contributed by atoms with Gasteiger partial charge in [0.15, 0.2) is 0 Å². The number of carbonyl (C=O) groups is 1. The van der Waals surface area contributed by atoms with Gasteiger partial charge >= 0.3 is 0 Å². The zero-order valence-corrected chi connectivity index (χ0v) is 11.7. The lowest BCUT2D eigenvalue weighted by Crippen LogP contribution is -2.16. The van der Waals surface area contributed by atoms with Gasteiger partial charge in [-0.1, -0.05) is 30.3 Å². The van der Waals surface area contributed by atoms with E-state index in [-0.39, 0.29) is 11.9 Å². The van der Waals surface area contributed by atoms with Gasteiger partial charge in [-0.3, -0.25) is 4.79 Å². The molecule has 0 aliphatic rings. The first kappa shape index (κ1) is 14.3. The highest BCUT2D eigenvalue weighted by atomic mass is 32.1. The molecule has 1 aromatic heterocycles. The SMILES string of the molecule is N#Cc1ccsc1NC(=O)CCC(N)c1ccccc1. The van der Waals surface area contributed by atoms with Gasteiger partial charge in [-0.25, -0.2) is 0 Å². The van der Waals surface area contributed by atoms with E-state index in [9.17, 15) is 4.79 Å². The number of hydrogen-bond donors (Lipinski definition) is 2. The number of thiophene rings is 1. The normalized spacial score (nSPS) is 11.6. The van der Waals surface area contributed by atoms with E-state index in [0.29, 0.717) is 23.4 Å². The smallest absolute Gasteiger partial charge is 0.225 e. The second-order valence-corrected chi connectivity index (χ2v) is 5.30. The molecule has 102 valence electrons. The molecule has 0 bridgehead atoms. The van der Waals surface area contributed by atoms with Crippen LogP contribution in [0, 0.1) is 11.3 Å². The fourth-order valence-electron chi connectivity index (χ4n) is 1.84. The van der Waals surface area contributed by atoms with Gasteiger partial charge in [0, 0.05) is 12.5 Å². The summed E-state index contributed by atoms with van der Waals surface area (Å²) in [5.74, 6) is -0.115. The molecule has 5 heteroatoms. The number of amides is 1. The Labute approximate surface area is 121 Å². The maximum atomic E-state index is 11.8. The van der Waals surface area contributed by atoms with Gasteiger partial charge in [0.1, 0.15) is 11.1 Å². The second kappa shape index (κ2) is 6.85. The van der Waals surface area contributed by atoms with Crippen LogP contribution in [0.3, 0.4) is 0 Å². The predicted molar refractivity (Wildman–Crippen MR) is 80.3 cm³/mol. The van der Waals surface area contributed by atoms with E-state index < -0.39 is 0 Å². The van der Waals surface area contributed by atoms with Crippen molar-refractivity contribution in [3.05, 3.63) is 52.9 Å². The third kappa shape index (κ3) is 3.67. The molecular weight excluding hydrogens is 270 g/mol. The molecule has 0 spiro atoms. The van der Waals surface area contributed by atoms with E-state index in [2.05, 4.69) is 5.32 Å². The van der Waals surface area contributed by atoms with Crippen LogP contribution in [-0.4, -0.2) is 5.91 Å². The fourth-order valence-corrected chi connectivity index (χ4v) is 2.59. The Morgan fingerprint density at radius 1 is 1.35 bits per heavy atom. The lowest BCUT2D eigenvalue weighted by atomic mass is 10.0. The van der Waals surface area contributed by atoms with Crippen LogP contribution in [-0.2, 0) is 4.79 Å². The maximum Gasteiger partial charge on any atom is 0.225 e. The van der Waals surface area contributed by atoms with Crippen LogP contribution in [0.2, 0.25) is 0 Å². The van der Waals surface area contributed by atoms with E-state index in [4.69, 9.17) is 11.0 Å². The van der Waals surface area contributed by atoms with Crippen LogP contribution in [0.1, 0.15) is 30.0 Å². The summed E-state index contributed by atoms with van der Waals surface area (Å²) in [6, 6.07) is 13.3. The van der Waals surface area contributed by atoms with Crippen molar-refractivity contribution >= 4 is 22.2 Å². The zero-order valence-electron chi connectivity index (χ0n) is 10.9. The van der Waals surface area contributed by atoms with Crippen LogP contribution in [0.4, 0.5) is 5.00 Å². The van der Waals surface area contributed by atoms with Crippen molar-refractivity contribution in [1.29, 1.82) is 5.26 Å². The molecule has 1 amide bonds. The lowest BCUT2D eigenvalue weighted by molar-refractivity contribution is -0.116. The molecule has 0 aliphatic heterocycles. The van der Waals surface area contributed by atoms with Crippen molar-refractivity contribution in [1.82, 2.24) is 0 Å². The van der Waals surface area contributed by atoms with Crippen molar-refractivity contribution in [3.63, 3.8) is 0 Å². The summed E-state index contributed by atoms with van der Waals surface area (Å²) in [6.45, 7) is 0. The van der Waals surface area contributed by atoms with Gasteiger partial charge < -0.3 is 11.1 Å². The average molecular weight is 285 g/mol. The van der Waals surface area contributed by atoms with Gasteiger partial charge in [-0.05, 0) is 23.4 Å². The molecule has 1 heterocycles. The first-order valence-corrected chi connectivity index (χ1v) is 7.16. The first-order valence-electron chi connectivity index (χ1n) is 6.28. The lowest BCUT2D eigenvalue weighted by Gasteiger charge is -2.11. The number of carbonyl (C=O) groups excluding carboxylic acids is 1. The molecule has 20 heavy (non-hydrogen) atoms. The van der Waals surface area contributed by atoms with E-state index in [1.165, 1.54) is 11.3 Å². The molecule has 3 N–H and O–H groups in total. The molecule has 4 nitrogen and oxygen atoms in total. The molecule has 2 rings (SSSR count). The maximum absolute atomic E-state index is 11.8. The Hall–Kier alpha value is -2.16. The van der Waals surface area contributed by atoms with Gasteiger partial charge in [0.05, 0.1) is 5.56 Å². The van der Waals surface area contributed by atoms with Crippen molar-refractivity contribution < 1.29 is 4.79 Å². The quantitative estimate of drug-likeness (QED) is 0.886. The van der Waals surface area contributed by atoms with Crippen molar-refractivity contribution in [2.24, 2.45) is 5.73 Å². The molecular formula is C15H15N3OS. The van der Waals surface area contributed by atoms with E-state index in [1.54, 1.807) is 11.4 Å². The van der Waals surface area contributed by atoms with Crippen molar-refractivity contribution in [2.75, 3.05) is 5.32 Å². The molecule has 0 radical (unpaired) electrons. The summed E-state index contributed by atoms with van der Waals surface area (Å²) in [4.78, 5) is 11.8. The van der Waals surface area contributed by atoms with E-state index in [0.717, 1.165) is 5.56 Å². The number of nitrogens with zero attached hydrogens (tertiary/aromatic N) is 1. The van der Waals surface area contributed by atoms with E-state index >= 15 is 0 Å². The fraction of sp³-hybridized carbons (Fsp3) is 0.200. The summed E-state index contributed by atoms with van der Waals surface area (Å²) in [5, 5.41) is 14.0. The summed E-state index contributed by atoms with van der Waals surface area (Å²) >= 11 is 1.35. The molecule has 1 unspecified atom stereocenters. The third-order valence-corrected chi connectivity index (χ3v) is 3.78. The monoisotopic (exact) mass is 285 g/mol. The third-order valence-electron chi connectivity index (χ3n) is 2.95. The highest BCUT2D eigenvalue weighted by molar-refractivity contribution is 7.14. The predicted octanol–water partition coefficient (Wildman–Crippen LogP) is 3.04. The summed E-state index contributed by atoms with van der Waals surface area (Å²) < 4.78 is 0. The summed E-state index contributed by atoms with van der Waals surface area (Å²) in [7, 11) is 0. The highest BCUT2D eigenvalue weighted by Crippen LogP contribution is 2.23. The number of benzene rings is 1. The van der Waals surface area contributed by atoms with Crippen LogP contribution >= 0.6 is 11.3 Å². The minimum absolute atomic E-state index is 0.115.